The minimum Gasteiger partial charge on any atom is -0.395 e. The van der Waals surface area contributed by atoms with E-state index in [1.807, 2.05) is 43.0 Å². The van der Waals surface area contributed by atoms with Gasteiger partial charge in [-0.25, -0.2) is 0 Å². The molecule has 2 aromatic rings. The van der Waals surface area contributed by atoms with E-state index < -0.39 is 11.6 Å². The van der Waals surface area contributed by atoms with Crippen LogP contribution in [0.25, 0.3) is 0 Å². The van der Waals surface area contributed by atoms with Gasteiger partial charge in [0.05, 0.1) is 18.3 Å². The summed E-state index contributed by atoms with van der Waals surface area (Å²) in [5, 5.41) is 22.6. The summed E-state index contributed by atoms with van der Waals surface area (Å²) in [4.78, 5) is 44.9. The molecule has 1 aliphatic carbocycles. The first-order valence-electron chi connectivity index (χ1n) is 16.7. The molecule has 0 bridgehead atoms. The maximum Gasteiger partial charge on any atom is 0.251 e. The van der Waals surface area contributed by atoms with Crippen LogP contribution in [0.5, 0.6) is 0 Å². The fourth-order valence-corrected chi connectivity index (χ4v) is 7.69. The number of hydrogen-bond donors (Lipinski definition) is 4. The second-order valence-corrected chi connectivity index (χ2v) is 13.0. The lowest BCUT2D eigenvalue weighted by atomic mass is 9.78. The predicted octanol–water partition coefficient (Wildman–Crippen LogP) is 3.77. The fourth-order valence-electron chi connectivity index (χ4n) is 7.69. The molecule has 4 N–H and O–H groups in total. The highest BCUT2D eigenvalue weighted by Gasteiger charge is 2.54. The molecule has 1 aromatic carbocycles. The number of carbonyl (C=O) groups is 3. The summed E-state index contributed by atoms with van der Waals surface area (Å²) in [5.74, 6) is 0.403. The molecule has 0 radical (unpaired) electrons. The van der Waals surface area contributed by atoms with Crippen LogP contribution in [0.2, 0.25) is 0 Å². The van der Waals surface area contributed by atoms with Gasteiger partial charge < -0.3 is 20.6 Å². The number of aliphatic hydroxyl groups is 1. The highest BCUT2D eigenvalue weighted by molar-refractivity contribution is 6.00. The topological polar surface area (TPSA) is 131 Å². The highest BCUT2D eigenvalue weighted by atomic mass is 16.3. The third-order valence-corrected chi connectivity index (χ3v) is 10.2. The number of aryl methyl sites for hydroxylation is 2. The number of H-pyrrole nitrogens is 1. The lowest BCUT2D eigenvalue weighted by Crippen LogP contribution is -2.73. The summed E-state index contributed by atoms with van der Waals surface area (Å²) in [6, 6.07) is 7.06. The maximum atomic E-state index is 14.0. The van der Waals surface area contributed by atoms with Gasteiger partial charge in [0.2, 0.25) is 11.8 Å². The van der Waals surface area contributed by atoms with Crippen molar-refractivity contribution in [2.45, 2.75) is 103 Å². The van der Waals surface area contributed by atoms with E-state index in [1.165, 1.54) is 19.3 Å². The van der Waals surface area contributed by atoms with Crippen molar-refractivity contribution in [3.05, 3.63) is 52.3 Å². The monoisotopic (exact) mass is 606 g/mol. The lowest BCUT2D eigenvalue weighted by Gasteiger charge is -2.53. The molecule has 1 aromatic heterocycles. The van der Waals surface area contributed by atoms with Crippen molar-refractivity contribution in [1.29, 1.82) is 0 Å². The first kappa shape index (κ1) is 32.2. The normalized spacial score (nSPS) is 21.8. The summed E-state index contributed by atoms with van der Waals surface area (Å²) in [7, 11) is 0. The molecule has 44 heavy (non-hydrogen) atoms. The number of hydrogen-bond acceptors (Lipinski definition) is 6. The van der Waals surface area contributed by atoms with E-state index >= 15 is 0 Å². The number of nitrogens with zero attached hydrogens (tertiary/aromatic N) is 3. The van der Waals surface area contributed by atoms with Crippen molar-refractivity contribution in [3.8, 4) is 0 Å². The van der Waals surface area contributed by atoms with Crippen molar-refractivity contribution >= 4 is 17.7 Å². The number of aromatic nitrogens is 2. The van der Waals surface area contributed by atoms with Crippen LogP contribution in [-0.2, 0) is 9.59 Å². The van der Waals surface area contributed by atoms with E-state index in [4.69, 9.17) is 5.11 Å². The summed E-state index contributed by atoms with van der Waals surface area (Å²) >= 11 is 0. The van der Waals surface area contributed by atoms with Gasteiger partial charge in [-0.2, -0.15) is 5.10 Å². The van der Waals surface area contributed by atoms with E-state index in [1.54, 1.807) is 0 Å². The molecule has 2 saturated heterocycles. The number of piperazine rings is 1. The standard InChI is InChI=1S/C34H50N6O4/c1-4-5-18-40-32(43)28(22-25-9-7-6-8-10-25)36-33(44)34(40)15-19-39(20-16-34)30(29-23(2)37-38-24(29)3)26-11-13-27(14-12-26)31(42)35-17-21-41/h11-14,25,28,30,41H,4-10,15-22H2,1-3H3,(H,35,42)(H,36,44)(H,37,38)/t28-,30?/m0/s1. The number of amides is 3. The summed E-state index contributed by atoms with van der Waals surface area (Å²) in [5.41, 5.74) is 3.73. The number of piperidine rings is 1. The van der Waals surface area contributed by atoms with Crippen molar-refractivity contribution < 1.29 is 19.5 Å². The molecule has 10 nitrogen and oxygen atoms in total. The minimum atomic E-state index is -0.828. The molecule has 10 heteroatoms. The summed E-state index contributed by atoms with van der Waals surface area (Å²) < 4.78 is 0. The van der Waals surface area contributed by atoms with Crippen molar-refractivity contribution in [1.82, 2.24) is 30.6 Å². The molecule has 3 fully saturated rings. The first-order chi connectivity index (χ1) is 21.3. The van der Waals surface area contributed by atoms with Gasteiger partial charge in [-0.15, -0.1) is 0 Å². The van der Waals surface area contributed by atoms with Gasteiger partial charge in [-0.05, 0) is 63.1 Å². The van der Waals surface area contributed by atoms with Crippen LogP contribution < -0.4 is 10.6 Å². The molecule has 2 aliphatic heterocycles. The lowest BCUT2D eigenvalue weighted by molar-refractivity contribution is -0.162. The zero-order valence-electron chi connectivity index (χ0n) is 26.7. The Kier molecular flexibility index (Phi) is 10.4. The number of aromatic amines is 1. The van der Waals surface area contributed by atoms with E-state index in [-0.39, 0.29) is 36.9 Å². The van der Waals surface area contributed by atoms with E-state index in [9.17, 15) is 14.4 Å². The highest BCUT2D eigenvalue weighted by Crippen LogP contribution is 2.40. The number of unbranched alkanes of at least 4 members (excludes halogenated alkanes) is 1. The molecule has 3 amide bonds. The first-order valence-corrected chi connectivity index (χ1v) is 16.7. The molecular weight excluding hydrogens is 556 g/mol. The predicted molar refractivity (Wildman–Crippen MR) is 169 cm³/mol. The van der Waals surface area contributed by atoms with Gasteiger partial charge >= 0.3 is 0 Å². The largest absolute Gasteiger partial charge is 0.395 e. The Morgan fingerprint density at radius 2 is 1.82 bits per heavy atom. The zero-order chi connectivity index (χ0) is 31.3. The molecule has 1 spiro atoms. The Bertz CT molecular complexity index is 1270. The third-order valence-electron chi connectivity index (χ3n) is 10.2. The second-order valence-electron chi connectivity index (χ2n) is 13.0. The number of rotatable bonds is 11. The number of benzene rings is 1. The second kappa shape index (κ2) is 14.2. The summed E-state index contributed by atoms with van der Waals surface area (Å²) in [6.07, 6.45) is 9.75. The Morgan fingerprint density at radius 3 is 2.43 bits per heavy atom. The van der Waals surface area contributed by atoms with Crippen molar-refractivity contribution in [2.75, 3.05) is 32.8 Å². The molecule has 1 unspecified atom stereocenters. The number of carbonyl (C=O) groups excluding carboxylic acids is 3. The van der Waals surface area contributed by atoms with Crippen LogP contribution in [0.3, 0.4) is 0 Å². The van der Waals surface area contributed by atoms with Gasteiger partial charge in [0, 0.05) is 43.0 Å². The Balaban J connectivity index is 1.38. The molecule has 2 atom stereocenters. The van der Waals surface area contributed by atoms with E-state index in [2.05, 4.69) is 32.7 Å². The van der Waals surface area contributed by atoms with Crippen molar-refractivity contribution in [3.63, 3.8) is 0 Å². The van der Waals surface area contributed by atoms with Crippen LogP contribution in [0.1, 0.15) is 110 Å². The van der Waals surface area contributed by atoms with Gasteiger partial charge in [0.15, 0.2) is 0 Å². The SMILES string of the molecule is CCCCN1C(=O)[C@H](CC2CCCCC2)NC(=O)C12CCN(C(c1ccc(C(=O)NCCO)cc1)c1c(C)n[nH]c1C)CC2. The summed E-state index contributed by atoms with van der Waals surface area (Å²) in [6.45, 7) is 8.16. The number of aliphatic hydroxyl groups excluding tert-OH is 1. The average Bonchev–Trinajstić information content (AvgIpc) is 3.37. The van der Waals surface area contributed by atoms with E-state index in [0.717, 1.165) is 54.6 Å². The van der Waals surface area contributed by atoms with Crippen LogP contribution in [0.4, 0.5) is 0 Å². The Hall–Kier alpha value is -3.24. The van der Waals surface area contributed by atoms with Crippen LogP contribution >= 0.6 is 0 Å². The van der Waals surface area contributed by atoms with Crippen LogP contribution in [0, 0.1) is 19.8 Å². The average molecular weight is 607 g/mol. The molecule has 3 aliphatic rings. The number of likely N-dealkylation sites (tertiary alicyclic amines) is 1. The van der Waals surface area contributed by atoms with Gasteiger partial charge in [0.1, 0.15) is 11.6 Å². The van der Waals surface area contributed by atoms with Gasteiger partial charge in [-0.1, -0.05) is 57.6 Å². The minimum absolute atomic E-state index is 0.0131. The van der Waals surface area contributed by atoms with Crippen molar-refractivity contribution in [2.24, 2.45) is 5.92 Å². The molecule has 5 rings (SSSR count). The molecule has 1 saturated carbocycles. The van der Waals surface area contributed by atoms with E-state index in [0.29, 0.717) is 44.0 Å². The fraction of sp³-hybridized carbons (Fsp3) is 0.647. The molecule has 240 valence electrons. The maximum absolute atomic E-state index is 14.0. The zero-order valence-corrected chi connectivity index (χ0v) is 26.7. The van der Waals surface area contributed by atoms with Gasteiger partial charge in [-0.3, -0.25) is 24.4 Å². The Labute approximate surface area is 261 Å². The number of nitrogens with one attached hydrogen (secondary N) is 3. The third kappa shape index (κ3) is 6.56. The molecule has 3 heterocycles. The molecular formula is C34H50N6O4. The van der Waals surface area contributed by atoms with Gasteiger partial charge in [0.25, 0.3) is 5.91 Å². The smallest absolute Gasteiger partial charge is 0.251 e. The Morgan fingerprint density at radius 1 is 1.11 bits per heavy atom. The van der Waals surface area contributed by atoms with Crippen LogP contribution in [-0.4, -0.2) is 87.2 Å². The quantitative estimate of drug-likeness (QED) is 0.308. The van der Waals surface area contributed by atoms with Crippen LogP contribution in [0.15, 0.2) is 24.3 Å².